The number of piperazine rings is 1. The fourth-order valence-corrected chi connectivity index (χ4v) is 8.54. The lowest BCUT2D eigenvalue weighted by atomic mass is 9.66. The number of benzene rings is 2. The maximum absolute atomic E-state index is 12.5. The molecule has 9 heteroatoms. The van der Waals surface area contributed by atoms with Crippen LogP contribution in [0.25, 0.3) is 11.3 Å². The summed E-state index contributed by atoms with van der Waals surface area (Å²) in [6.45, 7) is 11.4. The lowest BCUT2D eigenvalue weighted by molar-refractivity contribution is -0.150. The van der Waals surface area contributed by atoms with Gasteiger partial charge in [-0.15, -0.1) is 11.3 Å². The second-order valence-corrected chi connectivity index (χ2v) is 13.7. The minimum Gasteiger partial charge on any atom is -0.488 e. The maximum Gasteiger partial charge on any atom is 0.307 e. The van der Waals surface area contributed by atoms with Crippen LogP contribution in [0, 0.1) is 30.1 Å². The van der Waals surface area contributed by atoms with Crippen molar-refractivity contribution in [3.63, 3.8) is 0 Å². The molecule has 8 nitrogen and oxygen atoms in total. The number of amides is 1. The van der Waals surface area contributed by atoms with Crippen molar-refractivity contribution in [1.82, 2.24) is 14.8 Å². The third-order valence-corrected chi connectivity index (χ3v) is 11.0. The standard InChI is InChI=1S/C33H38N4O4S/c1-20(2)37-11-10-35(16-29(37)38)14-22-8-9-23(21(3)12-22)17-41-28-7-5-4-6-24(28)27-18-42-32(34-27)36-15-26-30(31(39)40)25-13-33(25,26)19-36/h4-9,12,18,20,25-26,30H,10-11,13-17,19H2,1-3H3,(H,39,40). The number of rotatable bonds is 9. The number of nitrogens with zero attached hydrogens (tertiary/aromatic N) is 4. The summed E-state index contributed by atoms with van der Waals surface area (Å²) in [5.74, 6) is 0.821. The highest BCUT2D eigenvalue weighted by molar-refractivity contribution is 7.14. The van der Waals surface area contributed by atoms with Gasteiger partial charge in [0.05, 0.1) is 18.2 Å². The van der Waals surface area contributed by atoms with Crippen LogP contribution in [-0.4, -0.2) is 70.5 Å². The molecule has 2 aromatic carbocycles. The zero-order chi connectivity index (χ0) is 29.2. The molecule has 2 saturated heterocycles. The average molecular weight is 587 g/mol. The number of aryl methyl sites for hydroxylation is 1. The van der Waals surface area contributed by atoms with E-state index in [0.717, 1.165) is 66.8 Å². The molecule has 3 aromatic rings. The predicted molar refractivity (Wildman–Crippen MR) is 163 cm³/mol. The molecule has 1 N–H and O–H groups in total. The Morgan fingerprint density at radius 1 is 1.19 bits per heavy atom. The Hall–Kier alpha value is -3.43. The Labute approximate surface area is 250 Å². The summed E-state index contributed by atoms with van der Waals surface area (Å²) in [5, 5.41) is 12.7. The number of aliphatic carboxylic acids is 1. The van der Waals surface area contributed by atoms with E-state index in [1.54, 1.807) is 11.3 Å². The quantitative estimate of drug-likeness (QED) is 0.382. The minimum atomic E-state index is -0.632. The van der Waals surface area contributed by atoms with Crippen molar-refractivity contribution in [3.8, 4) is 17.0 Å². The summed E-state index contributed by atoms with van der Waals surface area (Å²) in [7, 11) is 0. The molecule has 0 bridgehead atoms. The molecule has 3 heterocycles. The Bertz CT molecular complexity index is 1540. The van der Waals surface area contributed by atoms with Gasteiger partial charge in [0.1, 0.15) is 12.4 Å². The Balaban J connectivity index is 0.991. The fourth-order valence-electron chi connectivity index (χ4n) is 7.71. The summed E-state index contributed by atoms with van der Waals surface area (Å²) < 4.78 is 6.36. The normalized spacial score (nSPS) is 26.7. The Morgan fingerprint density at radius 2 is 2.02 bits per heavy atom. The summed E-state index contributed by atoms with van der Waals surface area (Å²) in [6.07, 6.45) is 1.05. The number of hydrogen-bond donors (Lipinski definition) is 1. The van der Waals surface area contributed by atoms with Crippen LogP contribution in [0.15, 0.2) is 47.8 Å². The number of ether oxygens (including phenoxy) is 1. The van der Waals surface area contributed by atoms with Gasteiger partial charge in [0.25, 0.3) is 0 Å². The molecule has 2 aliphatic carbocycles. The molecular weight excluding hydrogens is 548 g/mol. The predicted octanol–water partition coefficient (Wildman–Crippen LogP) is 4.91. The number of hydrogen-bond acceptors (Lipinski definition) is 7. The number of para-hydroxylation sites is 1. The van der Waals surface area contributed by atoms with Crippen LogP contribution < -0.4 is 9.64 Å². The number of carbonyl (C=O) groups excluding carboxylic acids is 1. The van der Waals surface area contributed by atoms with Crippen LogP contribution in [0.5, 0.6) is 5.75 Å². The number of carbonyl (C=O) groups is 2. The molecule has 1 aromatic heterocycles. The second-order valence-electron chi connectivity index (χ2n) is 12.8. The molecule has 2 saturated carbocycles. The van der Waals surface area contributed by atoms with E-state index < -0.39 is 5.97 Å². The number of thiazole rings is 1. The second kappa shape index (κ2) is 10.4. The molecule has 2 aliphatic heterocycles. The average Bonchev–Trinajstić information content (AvgIpc) is 3.22. The lowest BCUT2D eigenvalue weighted by Crippen LogP contribution is -2.52. The Morgan fingerprint density at radius 3 is 2.79 bits per heavy atom. The van der Waals surface area contributed by atoms with Gasteiger partial charge in [-0.1, -0.05) is 30.3 Å². The maximum atomic E-state index is 12.5. The first-order chi connectivity index (χ1) is 20.2. The van der Waals surface area contributed by atoms with Gasteiger partial charge in [-0.25, -0.2) is 4.98 Å². The van der Waals surface area contributed by atoms with Crippen molar-refractivity contribution in [1.29, 1.82) is 0 Å². The van der Waals surface area contributed by atoms with Gasteiger partial charge in [-0.05, 0) is 73.3 Å². The minimum absolute atomic E-state index is 0.175. The molecule has 4 fully saturated rings. The van der Waals surface area contributed by atoms with E-state index in [-0.39, 0.29) is 29.2 Å². The highest BCUT2D eigenvalue weighted by atomic mass is 32.1. The number of anilines is 1. The van der Waals surface area contributed by atoms with E-state index in [9.17, 15) is 14.7 Å². The number of carboxylic acids is 1. The smallest absolute Gasteiger partial charge is 0.307 e. The Kier molecular flexibility index (Phi) is 6.77. The molecule has 42 heavy (non-hydrogen) atoms. The molecule has 4 atom stereocenters. The topological polar surface area (TPSA) is 86.2 Å². The van der Waals surface area contributed by atoms with E-state index in [2.05, 4.69) is 54.2 Å². The van der Waals surface area contributed by atoms with Gasteiger partial charge >= 0.3 is 5.97 Å². The van der Waals surface area contributed by atoms with E-state index in [1.807, 2.05) is 29.2 Å². The van der Waals surface area contributed by atoms with E-state index in [0.29, 0.717) is 19.1 Å². The summed E-state index contributed by atoms with van der Waals surface area (Å²) >= 11 is 1.63. The van der Waals surface area contributed by atoms with Gasteiger partial charge in [-0.3, -0.25) is 14.5 Å². The van der Waals surface area contributed by atoms with Crippen LogP contribution in [0.1, 0.15) is 37.0 Å². The molecule has 7 rings (SSSR count). The van der Waals surface area contributed by atoms with Crippen LogP contribution in [0.4, 0.5) is 5.13 Å². The highest BCUT2D eigenvalue weighted by Gasteiger charge is 2.78. The zero-order valence-electron chi connectivity index (χ0n) is 24.5. The van der Waals surface area contributed by atoms with Gasteiger partial charge < -0.3 is 19.6 Å². The monoisotopic (exact) mass is 586 g/mol. The lowest BCUT2D eigenvalue weighted by Gasteiger charge is -2.36. The van der Waals surface area contributed by atoms with Crippen molar-refractivity contribution in [2.75, 3.05) is 37.6 Å². The van der Waals surface area contributed by atoms with Crippen molar-refractivity contribution in [3.05, 3.63) is 64.5 Å². The molecule has 0 radical (unpaired) electrons. The van der Waals surface area contributed by atoms with Crippen molar-refractivity contribution in [2.24, 2.45) is 23.2 Å². The van der Waals surface area contributed by atoms with Crippen LogP contribution in [0.3, 0.4) is 0 Å². The molecule has 4 unspecified atom stereocenters. The van der Waals surface area contributed by atoms with E-state index in [4.69, 9.17) is 9.72 Å². The van der Waals surface area contributed by atoms with Gasteiger partial charge in [0, 0.05) is 49.7 Å². The van der Waals surface area contributed by atoms with Crippen molar-refractivity contribution in [2.45, 2.75) is 46.4 Å². The van der Waals surface area contributed by atoms with Crippen molar-refractivity contribution >= 4 is 28.3 Å². The van der Waals surface area contributed by atoms with Gasteiger partial charge in [0.15, 0.2) is 5.13 Å². The molecule has 4 aliphatic rings. The SMILES string of the molecule is Cc1cc(CN2CCN(C(C)C)C(=O)C2)ccc1COc1ccccc1-c1csc(N2CC3C(C(=O)O)C4CC34C2)n1. The first-order valence-electron chi connectivity index (χ1n) is 15.0. The van der Waals surface area contributed by atoms with Gasteiger partial charge in [-0.2, -0.15) is 0 Å². The van der Waals surface area contributed by atoms with Crippen LogP contribution in [-0.2, 0) is 22.7 Å². The molecule has 1 amide bonds. The van der Waals surface area contributed by atoms with E-state index in [1.165, 1.54) is 11.1 Å². The fraction of sp³-hybridized carbons (Fsp3) is 0.485. The largest absolute Gasteiger partial charge is 0.488 e. The third kappa shape index (κ3) is 4.67. The zero-order valence-corrected chi connectivity index (χ0v) is 25.3. The number of aromatic nitrogens is 1. The molecule has 1 spiro atoms. The first kappa shape index (κ1) is 27.4. The van der Waals surface area contributed by atoms with Crippen molar-refractivity contribution < 1.29 is 19.4 Å². The first-order valence-corrected chi connectivity index (χ1v) is 15.9. The highest BCUT2D eigenvalue weighted by Crippen LogP contribution is 2.76. The van der Waals surface area contributed by atoms with E-state index >= 15 is 0 Å². The van der Waals surface area contributed by atoms with Crippen LogP contribution in [0.2, 0.25) is 0 Å². The third-order valence-electron chi connectivity index (χ3n) is 10.1. The van der Waals surface area contributed by atoms with Crippen LogP contribution >= 0.6 is 11.3 Å². The van der Waals surface area contributed by atoms with Gasteiger partial charge in [0.2, 0.25) is 5.91 Å². The summed E-state index contributed by atoms with van der Waals surface area (Å²) in [6, 6.07) is 14.8. The number of carboxylic acid groups (broad SMARTS) is 1. The summed E-state index contributed by atoms with van der Waals surface area (Å²) in [5.41, 5.74) is 5.60. The molecular formula is C33H38N4O4S. The summed E-state index contributed by atoms with van der Waals surface area (Å²) in [4.78, 5) is 35.7. The molecule has 220 valence electrons.